The topological polar surface area (TPSA) is 84.7 Å². The third-order valence-corrected chi connectivity index (χ3v) is 3.87. The van der Waals surface area contributed by atoms with Crippen LogP contribution in [0.5, 0.6) is 5.75 Å². The summed E-state index contributed by atoms with van der Waals surface area (Å²) in [6.45, 7) is 0.374. The van der Waals surface area contributed by atoms with Crippen molar-refractivity contribution in [1.82, 2.24) is 20.0 Å². The molecular weight excluding hydrogens is 332 g/mol. The molecule has 2 aromatic heterocycles. The number of carbonyl (C=O) groups is 2. The molecule has 0 saturated heterocycles. The van der Waals surface area contributed by atoms with Crippen molar-refractivity contribution in [2.75, 3.05) is 20.2 Å². The van der Waals surface area contributed by atoms with Crippen molar-refractivity contribution in [1.29, 1.82) is 0 Å². The first-order chi connectivity index (χ1) is 12.7. The Labute approximate surface area is 151 Å². The number of hydrogen-bond acceptors (Lipinski definition) is 4. The number of ether oxygens (including phenoxy) is 1. The van der Waals surface area contributed by atoms with Gasteiger partial charge >= 0.3 is 0 Å². The average molecular weight is 352 g/mol. The fraction of sp³-hybridized carbons (Fsp3) is 0.211. The predicted molar refractivity (Wildman–Crippen MR) is 97.2 cm³/mol. The van der Waals surface area contributed by atoms with Crippen LogP contribution in [0.15, 0.2) is 54.9 Å². The summed E-state index contributed by atoms with van der Waals surface area (Å²) < 4.78 is 7.17. The molecule has 134 valence electrons. The molecule has 0 unspecified atom stereocenters. The maximum atomic E-state index is 11.9. The molecule has 0 saturated carbocycles. The van der Waals surface area contributed by atoms with E-state index in [0.29, 0.717) is 24.3 Å². The van der Waals surface area contributed by atoms with E-state index in [1.807, 2.05) is 35.0 Å². The third kappa shape index (κ3) is 4.18. The molecule has 0 radical (unpaired) electrons. The SMILES string of the molecule is COc1cccn2cc(CCNC(=O)CNC(=O)c3ccccc3)nc12. The number of aromatic nitrogens is 2. The average Bonchev–Trinajstić information content (AvgIpc) is 3.09. The van der Waals surface area contributed by atoms with Crippen LogP contribution < -0.4 is 15.4 Å². The summed E-state index contributed by atoms with van der Waals surface area (Å²) in [5, 5.41) is 5.37. The molecule has 0 spiro atoms. The second-order valence-electron chi connectivity index (χ2n) is 5.69. The molecule has 26 heavy (non-hydrogen) atoms. The first-order valence-corrected chi connectivity index (χ1v) is 8.28. The van der Waals surface area contributed by atoms with E-state index in [-0.39, 0.29) is 18.4 Å². The normalized spacial score (nSPS) is 10.5. The molecule has 3 aromatic rings. The van der Waals surface area contributed by atoms with Crippen LogP contribution >= 0.6 is 0 Å². The van der Waals surface area contributed by atoms with Gasteiger partial charge < -0.3 is 19.8 Å². The van der Waals surface area contributed by atoms with Crippen LogP contribution in [0.2, 0.25) is 0 Å². The van der Waals surface area contributed by atoms with E-state index in [1.165, 1.54) is 0 Å². The van der Waals surface area contributed by atoms with Crippen molar-refractivity contribution in [2.45, 2.75) is 6.42 Å². The maximum Gasteiger partial charge on any atom is 0.251 e. The lowest BCUT2D eigenvalue weighted by molar-refractivity contribution is -0.120. The molecule has 7 heteroatoms. The van der Waals surface area contributed by atoms with Gasteiger partial charge in [0, 0.05) is 30.9 Å². The molecule has 0 atom stereocenters. The van der Waals surface area contributed by atoms with Gasteiger partial charge in [-0.2, -0.15) is 0 Å². The number of benzene rings is 1. The quantitative estimate of drug-likeness (QED) is 0.674. The van der Waals surface area contributed by atoms with E-state index in [1.54, 1.807) is 31.4 Å². The Kier molecular flexibility index (Phi) is 5.48. The minimum atomic E-state index is -0.270. The van der Waals surface area contributed by atoms with E-state index in [0.717, 1.165) is 11.3 Å². The lowest BCUT2D eigenvalue weighted by Gasteiger charge is -2.06. The number of hydrogen-bond donors (Lipinski definition) is 2. The zero-order valence-corrected chi connectivity index (χ0v) is 14.4. The number of pyridine rings is 1. The van der Waals surface area contributed by atoms with Crippen LogP contribution in [0, 0.1) is 0 Å². The molecule has 2 heterocycles. The van der Waals surface area contributed by atoms with Crippen LogP contribution in [0.4, 0.5) is 0 Å². The van der Waals surface area contributed by atoms with Crippen molar-refractivity contribution < 1.29 is 14.3 Å². The van der Waals surface area contributed by atoms with Crippen molar-refractivity contribution in [3.63, 3.8) is 0 Å². The van der Waals surface area contributed by atoms with Gasteiger partial charge in [0.15, 0.2) is 11.4 Å². The summed E-state index contributed by atoms with van der Waals surface area (Å²) in [5.41, 5.74) is 2.12. The summed E-state index contributed by atoms with van der Waals surface area (Å²) in [6.07, 6.45) is 4.39. The van der Waals surface area contributed by atoms with Gasteiger partial charge in [-0.15, -0.1) is 0 Å². The summed E-state index contributed by atoms with van der Waals surface area (Å²) in [4.78, 5) is 28.3. The van der Waals surface area contributed by atoms with Crippen molar-refractivity contribution in [2.24, 2.45) is 0 Å². The summed E-state index contributed by atoms with van der Waals surface area (Å²) in [6, 6.07) is 12.5. The number of carbonyl (C=O) groups excluding carboxylic acids is 2. The number of rotatable bonds is 7. The Hall–Kier alpha value is -3.35. The number of imidazole rings is 1. The zero-order chi connectivity index (χ0) is 18.4. The first-order valence-electron chi connectivity index (χ1n) is 8.28. The van der Waals surface area contributed by atoms with Gasteiger partial charge in [-0.1, -0.05) is 18.2 Å². The Morgan fingerprint density at radius 3 is 2.69 bits per heavy atom. The van der Waals surface area contributed by atoms with E-state index < -0.39 is 0 Å². The maximum absolute atomic E-state index is 11.9. The van der Waals surface area contributed by atoms with E-state index in [2.05, 4.69) is 15.6 Å². The lowest BCUT2D eigenvalue weighted by atomic mass is 10.2. The second-order valence-corrected chi connectivity index (χ2v) is 5.69. The van der Waals surface area contributed by atoms with Gasteiger partial charge in [-0.25, -0.2) is 4.98 Å². The van der Waals surface area contributed by atoms with E-state index in [4.69, 9.17) is 4.74 Å². The fourth-order valence-corrected chi connectivity index (χ4v) is 2.56. The summed E-state index contributed by atoms with van der Waals surface area (Å²) in [7, 11) is 1.60. The zero-order valence-electron chi connectivity index (χ0n) is 14.4. The standard InChI is InChI=1S/C19H20N4O3/c1-26-16-8-5-11-23-13-15(22-18(16)23)9-10-20-17(24)12-21-19(25)14-6-3-2-4-7-14/h2-8,11,13H,9-10,12H2,1H3,(H,20,24)(H,21,25). The van der Waals surface area contributed by atoms with Gasteiger partial charge in [0.05, 0.1) is 19.3 Å². The third-order valence-electron chi connectivity index (χ3n) is 3.87. The smallest absolute Gasteiger partial charge is 0.251 e. The van der Waals surface area contributed by atoms with Crippen molar-refractivity contribution >= 4 is 17.5 Å². The van der Waals surface area contributed by atoms with E-state index >= 15 is 0 Å². The van der Waals surface area contributed by atoms with Gasteiger partial charge in [0.2, 0.25) is 5.91 Å². The molecule has 0 aliphatic heterocycles. The van der Waals surface area contributed by atoms with Crippen LogP contribution in [0.3, 0.4) is 0 Å². The van der Waals surface area contributed by atoms with Crippen molar-refractivity contribution in [3.8, 4) is 5.75 Å². The van der Waals surface area contributed by atoms with Gasteiger partial charge in [0.1, 0.15) is 0 Å². The second kappa shape index (κ2) is 8.15. The van der Waals surface area contributed by atoms with E-state index in [9.17, 15) is 9.59 Å². The first kappa shape index (κ1) is 17.5. The Morgan fingerprint density at radius 1 is 1.12 bits per heavy atom. The summed E-state index contributed by atoms with van der Waals surface area (Å²) >= 11 is 0. The van der Waals surface area contributed by atoms with Crippen LogP contribution in [-0.4, -0.2) is 41.4 Å². The number of amides is 2. The molecule has 0 aliphatic rings. The Balaban J connectivity index is 1.46. The van der Waals surface area contributed by atoms with Crippen molar-refractivity contribution in [3.05, 3.63) is 66.1 Å². The summed E-state index contributed by atoms with van der Waals surface area (Å²) in [5.74, 6) is 0.190. The largest absolute Gasteiger partial charge is 0.493 e. The molecule has 2 N–H and O–H groups in total. The predicted octanol–water partition coefficient (Wildman–Crippen LogP) is 1.43. The number of methoxy groups -OCH3 is 1. The highest BCUT2D eigenvalue weighted by Crippen LogP contribution is 2.18. The Morgan fingerprint density at radius 2 is 1.92 bits per heavy atom. The van der Waals surface area contributed by atoms with Gasteiger partial charge in [-0.05, 0) is 24.3 Å². The molecule has 0 aliphatic carbocycles. The minimum Gasteiger partial charge on any atom is -0.493 e. The highest BCUT2D eigenvalue weighted by Gasteiger charge is 2.09. The molecule has 2 amide bonds. The molecule has 0 bridgehead atoms. The lowest BCUT2D eigenvalue weighted by Crippen LogP contribution is -2.37. The van der Waals surface area contributed by atoms with Crippen LogP contribution in [0.1, 0.15) is 16.1 Å². The number of fused-ring (bicyclic) bond motifs is 1. The highest BCUT2D eigenvalue weighted by atomic mass is 16.5. The van der Waals surface area contributed by atoms with Gasteiger partial charge in [0.25, 0.3) is 5.91 Å². The number of nitrogens with one attached hydrogen (secondary N) is 2. The number of nitrogens with zero attached hydrogens (tertiary/aromatic N) is 2. The molecular formula is C19H20N4O3. The molecule has 7 nitrogen and oxygen atoms in total. The monoisotopic (exact) mass is 352 g/mol. The minimum absolute atomic E-state index is 0.0628. The Bertz CT molecular complexity index is 906. The van der Waals surface area contributed by atoms with Gasteiger partial charge in [-0.3, -0.25) is 9.59 Å². The molecule has 1 aromatic carbocycles. The highest BCUT2D eigenvalue weighted by molar-refractivity contribution is 5.96. The van der Waals surface area contributed by atoms with Crippen LogP contribution in [0.25, 0.3) is 5.65 Å². The molecule has 3 rings (SSSR count). The molecule has 0 fully saturated rings. The fourth-order valence-electron chi connectivity index (χ4n) is 2.56. The van der Waals surface area contributed by atoms with Crippen LogP contribution in [-0.2, 0) is 11.2 Å².